The predicted octanol–water partition coefficient (Wildman–Crippen LogP) is 4.03. The number of aromatic amines is 1. The molecule has 4 heterocycles. The molecule has 0 radical (unpaired) electrons. The summed E-state index contributed by atoms with van der Waals surface area (Å²) in [6.07, 6.45) is 5.51. The molecule has 2 amide bonds. The average molecular weight is 401 g/mol. The molecule has 2 aliphatic rings. The number of benzene rings is 1. The highest BCUT2D eigenvalue weighted by Gasteiger charge is 2.34. The Hall–Kier alpha value is -3.61. The van der Waals surface area contributed by atoms with E-state index in [1.165, 1.54) is 0 Å². The normalized spacial score (nSPS) is 15.9. The molecule has 3 aromatic rings. The van der Waals surface area contributed by atoms with Crippen molar-refractivity contribution in [1.82, 2.24) is 19.8 Å². The van der Waals surface area contributed by atoms with Crippen LogP contribution in [0.15, 0.2) is 54.9 Å². The van der Waals surface area contributed by atoms with E-state index in [-0.39, 0.29) is 18.4 Å². The zero-order chi connectivity index (χ0) is 20.5. The molecule has 1 saturated heterocycles. The monoisotopic (exact) mass is 401 g/mol. The summed E-state index contributed by atoms with van der Waals surface area (Å²) in [5.41, 5.74) is 4.82. The summed E-state index contributed by atoms with van der Waals surface area (Å²) in [6.45, 7) is 2.03. The van der Waals surface area contributed by atoms with E-state index < -0.39 is 0 Å². The number of urea groups is 1. The molecule has 30 heavy (non-hydrogen) atoms. The van der Waals surface area contributed by atoms with Gasteiger partial charge in [-0.25, -0.2) is 4.79 Å². The Morgan fingerprint density at radius 2 is 1.70 bits per heavy atom. The first-order chi connectivity index (χ1) is 14.7. The van der Waals surface area contributed by atoms with E-state index in [2.05, 4.69) is 15.3 Å². The van der Waals surface area contributed by atoms with Gasteiger partial charge in [-0.05, 0) is 37.1 Å². The van der Waals surface area contributed by atoms with Crippen LogP contribution in [0.3, 0.4) is 0 Å². The fraction of sp³-hybridized carbons (Fsp3) is 0.261. The zero-order valence-corrected chi connectivity index (χ0v) is 16.6. The zero-order valence-electron chi connectivity index (χ0n) is 16.6. The van der Waals surface area contributed by atoms with Gasteiger partial charge in [0.05, 0.1) is 30.0 Å². The molecule has 7 nitrogen and oxygen atoms in total. The predicted molar refractivity (Wildman–Crippen MR) is 115 cm³/mol. The molecule has 0 atom stereocenters. The van der Waals surface area contributed by atoms with Crippen LogP contribution in [0.25, 0.3) is 11.3 Å². The minimum Gasteiger partial charge on any atom is -0.355 e. The van der Waals surface area contributed by atoms with Crippen LogP contribution in [0.5, 0.6) is 0 Å². The van der Waals surface area contributed by atoms with E-state index in [0.29, 0.717) is 12.1 Å². The van der Waals surface area contributed by atoms with Gasteiger partial charge in [0, 0.05) is 42.4 Å². The number of nitrogens with zero attached hydrogens (tertiary/aromatic N) is 3. The number of ketones is 1. The van der Waals surface area contributed by atoms with Crippen LogP contribution in [0.4, 0.5) is 16.2 Å². The van der Waals surface area contributed by atoms with Crippen molar-refractivity contribution < 1.29 is 9.59 Å². The Balaban J connectivity index is 1.54. The molecule has 0 saturated carbocycles. The number of nitrogens with one attached hydrogen (secondary N) is 2. The fourth-order valence-electron chi connectivity index (χ4n) is 4.25. The summed E-state index contributed by atoms with van der Waals surface area (Å²) in [6, 6.07) is 13.5. The first kappa shape index (κ1) is 18.4. The Morgan fingerprint density at radius 3 is 2.43 bits per heavy atom. The Kier molecular flexibility index (Phi) is 4.71. The smallest absolute Gasteiger partial charge is 0.320 e. The Labute approximate surface area is 174 Å². The highest BCUT2D eigenvalue weighted by Crippen LogP contribution is 2.38. The summed E-state index contributed by atoms with van der Waals surface area (Å²) in [5, 5.41) is 3.42. The summed E-state index contributed by atoms with van der Waals surface area (Å²) < 4.78 is 0. The van der Waals surface area contributed by atoms with Gasteiger partial charge in [-0.15, -0.1) is 0 Å². The average Bonchev–Trinajstić information content (AvgIpc) is 3.43. The highest BCUT2D eigenvalue weighted by atomic mass is 16.2. The second-order valence-electron chi connectivity index (χ2n) is 7.71. The molecule has 1 aromatic carbocycles. The molecule has 0 aliphatic carbocycles. The number of hydrogen-bond acceptors (Lipinski definition) is 4. The number of H-pyrrole nitrogens is 1. The summed E-state index contributed by atoms with van der Waals surface area (Å²) >= 11 is 0. The fourth-order valence-corrected chi connectivity index (χ4v) is 4.25. The van der Waals surface area contributed by atoms with Crippen molar-refractivity contribution in [2.75, 3.05) is 25.0 Å². The van der Waals surface area contributed by atoms with Crippen LogP contribution in [0.2, 0.25) is 0 Å². The van der Waals surface area contributed by atoms with Gasteiger partial charge in [0.25, 0.3) is 0 Å². The molecule has 0 bridgehead atoms. The maximum atomic E-state index is 13.2. The topological polar surface area (TPSA) is 81.3 Å². The molecule has 2 aromatic heterocycles. The molecule has 2 N–H and O–H groups in total. The number of carbonyl (C=O) groups excluding carboxylic acids is 2. The number of pyridine rings is 1. The number of hydrogen-bond donors (Lipinski definition) is 2. The summed E-state index contributed by atoms with van der Waals surface area (Å²) in [5.74, 6) is -0.0567. The lowest BCUT2D eigenvalue weighted by molar-refractivity contribution is 0.0896. The third-order valence-electron chi connectivity index (χ3n) is 5.70. The van der Waals surface area contributed by atoms with Gasteiger partial charge in [-0.1, -0.05) is 18.2 Å². The summed E-state index contributed by atoms with van der Waals surface area (Å²) in [7, 11) is 0. The first-order valence-electron chi connectivity index (χ1n) is 10.2. The third-order valence-corrected chi connectivity index (χ3v) is 5.70. The molecule has 152 valence electrons. The number of amides is 2. The second-order valence-corrected chi connectivity index (χ2v) is 7.71. The van der Waals surface area contributed by atoms with Gasteiger partial charge >= 0.3 is 6.03 Å². The van der Waals surface area contributed by atoms with Crippen LogP contribution in [0, 0.1) is 0 Å². The molecule has 5 rings (SSSR count). The number of carbonyl (C=O) groups is 2. The quantitative estimate of drug-likeness (QED) is 0.694. The van der Waals surface area contributed by atoms with E-state index >= 15 is 0 Å². The van der Waals surface area contributed by atoms with E-state index in [1.807, 2.05) is 47.4 Å². The van der Waals surface area contributed by atoms with Crippen molar-refractivity contribution in [1.29, 1.82) is 0 Å². The van der Waals surface area contributed by atoms with Gasteiger partial charge in [0.15, 0.2) is 5.78 Å². The van der Waals surface area contributed by atoms with Gasteiger partial charge in [-0.2, -0.15) is 0 Å². The molecule has 2 aliphatic heterocycles. The van der Waals surface area contributed by atoms with Crippen LogP contribution < -0.4 is 5.32 Å². The van der Waals surface area contributed by atoms with E-state index in [1.54, 1.807) is 17.3 Å². The number of fused-ring (bicyclic) bond motifs is 1. The lowest BCUT2D eigenvalue weighted by Gasteiger charge is -2.30. The Bertz CT molecular complexity index is 1070. The van der Waals surface area contributed by atoms with Crippen LogP contribution in [-0.2, 0) is 6.54 Å². The molecule has 7 heteroatoms. The molecule has 0 spiro atoms. The number of likely N-dealkylation sites (tertiary alicyclic amines) is 1. The lowest BCUT2D eigenvalue weighted by Crippen LogP contribution is -2.46. The maximum Gasteiger partial charge on any atom is 0.320 e. The van der Waals surface area contributed by atoms with Crippen molar-refractivity contribution in [2.45, 2.75) is 19.4 Å². The summed E-state index contributed by atoms with van der Waals surface area (Å²) in [4.78, 5) is 37.1. The van der Waals surface area contributed by atoms with E-state index in [4.69, 9.17) is 0 Å². The number of Topliss-reactive ketones (excluding diaryl/α,β-unsaturated/α-hetero) is 1. The van der Waals surface area contributed by atoms with Crippen molar-refractivity contribution >= 4 is 23.2 Å². The van der Waals surface area contributed by atoms with Gasteiger partial charge in [-0.3, -0.25) is 9.78 Å². The first-order valence-corrected chi connectivity index (χ1v) is 10.2. The largest absolute Gasteiger partial charge is 0.355 e. The van der Waals surface area contributed by atoms with E-state index in [9.17, 15) is 9.59 Å². The number of anilines is 2. The van der Waals surface area contributed by atoms with Crippen molar-refractivity contribution in [3.05, 3.63) is 66.1 Å². The number of rotatable bonds is 3. The standard InChI is InChI=1S/C23H23N5O2/c29-19-15-28(23(30)27-12-4-5-13-27)14-18-20(19)22(25-17-6-2-1-3-7-17)21(26-18)16-8-10-24-11-9-16/h1-3,6-11,25-26H,4-5,12-15H2. The van der Waals surface area contributed by atoms with Crippen molar-refractivity contribution in [2.24, 2.45) is 0 Å². The van der Waals surface area contributed by atoms with E-state index in [0.717, 1.165) is 54.3 Å². The minimum atomic E-state index is -0.0567. The Morgan fingerprint density at radius 1 is 0.967 bits per heavy atom. The SMILES string of the molecule is O=C1CN(C(=O)N2CCCC2)Cc2[nH]c(-c3ccncc3)c(Nc3ccccc3)c21. The number of aromatic nitrogens is 2. The second kappa shape index (κ2) is 7.67. The van der Waals surface area contributed by atoms with Gasteiger partial charge < -0.3 is 20.1 Å². The highest BCUT2D eigenvalue weighted by molar-refractivity contribution is 6.09. The molecular weight excluding hydrogens is 378 g/mol. The maximum absolute atomic E-state index is 13.2. The van der Waals surface area contributed by atoms with Crippen LogP contribution in [0.1, 0.15) is 28.9 Å². The minimum absolute atomic E-state index is 0.0517. The molecule has 1 fully saturated rings. The van der Waals surface area contributed by atoms with Crippen LogP contribution >= 0.6 is 0 Å². The number of para-hydroxylation sites is 1. The van der Waals surface area contributed by atoms with Gasteiger partial charge in [0.1, 0.15) is 0 Å². The van der Waals surface area contributed by atoms with Crippen LogP contribution in [-0.4, -0.2) is 51.2 Å². The lowest BCUT2D eigenvalue weighted by atomic mass is 10.0. The van der Waals surface area contributed by atoms with Gasteiger partial charge in [0.2, 0.25) is 0 Å². The van der Waals surface area contributed by atoms with Crippen molar-refractivity contribution in [3.63, 3.8) is 0 Å². The third kappa shape index (κ3) is 3.32. The molecular formula is C23H23N5O2. The van der Waals surface area contributed by atoms with Crippen molar-refractivity contribution in [3.8, 4) is 11.3 Å². The molecule has 0 unspecified atom stereocenters.